The zero-order chi connectivity index (χ0) is 24.3. The molecule has 0 atom stereocenters. The van der Waals surface area contributed by atoms with Gasteiger partial charge in [-0.1, -0.05) is 54.1 Å². The van der Waals surface area contributed by atoms with Crippen molar-refractivity contribution in [1.29, 1.82) is 0 Å². The first-order chi connectivity index (χ1) is 16.2. The third-order valence-corrected chi connectivity index (χ3v) is 6.88. The van der Waals surface area contributed by atoms with Gasteiger partial charge in [-0.05, 0) is 23.6 Å². The number of carboxylic acid groups (broad SMARTS) is 1. The number of hydrogen-bond donors (Lipinski definition) is 2. The molecule has 4 rings (SSSR count). The fraction of sp³-hybridized carbons (Fsp3) is 0.269. The van der Waals surface area contributed by atoms with Crippen molar-refractivity contribution >= 4 is 29.2 Å². The first kappa shape index (κ1) is 23.5. The van der Waals surface area contributed by atoms with E-state index in [0.717, 1.165) is 33.6 Å². The lowest BCUT2D eigenvalue weighted by Gasteiger charge is -2.28. The summed E-state index contributed by atoms with van der Waals surface area (Å²) in [5.74, 6) is -0.382. The van der Waals surface area contributed by atoms with Crippen molar-refractivity contribution in [2.24, 2.45) is 0 Å². The zero-order valence-corrected chi connectivity index (χ0v) is 19.7. The molecule has 7 nitrogen and oxygen atoms in total. The highest BCUT2D eigenvalue weighted by molar-refractivity contribution is 7.16. The van der Waals surface area contributed by atoms with Crippen molar-refractivity contribution in [3.63, 3.8) is 0 Å². The lowest BCUT2D eigenvalue weighted by Crippen LogP contribution is -2.52. The number of ether oxygens (including phenoxy) is 2. The van der Waals surface area contributed by atoms with Gasteiger partial charge in [0.25, 0.3) is 5.91 Å². The number of benzene rings is 2. The Hall–Kier alpha value is -3.65. The predicted molar refractivity (Wildman–Crippen MR) is 128 cm³/mol. The molecule has 1 heterocycles. The molecule has 1 amide bonds. The molecule has 0 radical (unpaired) electrons. The van der Waals surface area contributed by atoms with Crippen LogP contribution in [0, 0.1) is 6.92 Å². The van der Waals surface area contributed by atoms with Gasteiger partial charge >= 0.3 is 6.16 Å². The molecule has 2 aromatic carbocycles. The van der Waals surface area contributed by atoms with E-state index in [9.17, 15) is 19.5 Å². The fourth-order valence-electron chi connectivity index (χ4n) is 4.19. The Morgan fingerprint density at radius 2 is 1.76 bits per heavy atom. The molecule has 176 valence electrons. The molecule has 1 aliphatic rings. The molecule has 2 N–H and O–H groups in total. The lowest BCUT2D eigenvalue weighted by atomic mass is 10.1. The van der Waals surface area contributed by atoms with Crippen LogP contribution < -0.4 is 10.1 Å². The van der Waals surface area contributed by atoms with Crippen molar-refractivity contribution < 1.29 is 29.0 Å². The molecule has 1 aromatic heterocycles. The van der Waals surface area contributed by atoms with Crippen molar-refractivity contribution in [1.82, 2.24) is 5.32 Å². The Morgan fingerprint density at radius 3 is 2.38 bits per heavy atom. The standard InChI is InChI=1S/C26H25NO6S/c1-16-6-5-7-18(12-16)10-11-32-21-13-22(34-23(21)17(2)28)24(29)27-26(33-25(30)31)14-19-8-3-4-9-20(19)15-26/h3-9,12-13H,10-11,14-15H2,1-2H3,(H,27,29)(H,30,31). The summed E-state index contributed by atoms with van der Waals surface area (Å²) in [4.78, 5) is 37.3. The van der Waals surface area contributed by atoms with Crippen LogP contribution in [-0.2, 0) is 24.0 Å². The molecule has 34 heavy (non-hydrogen) atoms. The number of fused-ring (bicyclic) bond motifs is 1. The molecular weight excluding hydrogens is 454 g/mol. The summed E-state index contributed by atoms with van der Waals surface area (Å²) in [5.41, 5.74) is 2.70. The number of carbonyl (C=O) groups excluding carboxylic acids is 2. The second-order valence-corrected chi connectivity index (χ2v) is 9.44. The summed E-state index contributed by atoms with van der Waals surface area (Å²) in [5, 5.41) is 12.1. The summed E-state index contributed by atoms with van der Waals surface area (Å²) < 4.78 is 11.0. The van der Waals surface area contributed by atoms with Gasteiger partial charge < -0.3 is 19.9 Å². The van der Waals surface area contributed by atoms with Gasteiger partial charge in [0, 0.05) is 32.3 Å². The number of thiophene rings is 1. The van der Waals surface area contributed by atoms with Crippen molar-refractivity contribution in [2.75, 3.05) is 6.61 Å². The van der Waals surface area contributed by atoms with Crippen LogP contribution in [0.5, 0.6) is 5.75 Å². The SMILES string of the molecule is CC(=O)c1sc(C(=O)NC2(OC(=O)O)Cc3ccccc3C2)cc1OCCc1cccc(C)c1. The minimum atomic E-state index is -1.47. The fourth-order valence-corrected chi connectivity index (χ4v) is 5.08. The highest BCUT2D eigenvalue weighted by atomic mass is 32.1. The van der Waals surface area contributed by atoms with Gasteiger partial charge in [0.1, 0.15) is 10.6 Å². The molecule has 3 aromatic rings. The molecule has 0 saturated carbocycles. The van der Waals surface area contributed by atoms with Crippen LogP contribution in [0.4, 0.5) is 4.79 Å². The van der Waals surface area contributed by atoms with Crippen LogP contribution in [0.15, 0.2) is 54.6 Å². The Bertz CT molecular complexity index is 1220. The number of amides is 1. The van der Waals surface area contributed by atoms with Crippen LogP contribution >= 0.6 is 11.3 Å². The van der Waals surface area contributed by atoms with E-state index in [1.807, 2.05) is 49.4 Å². The normalized spacial score (nSPS) is 13.7. The van der Waals surface area contributed by atoms with E-state index < -0.39 is 17.8 Å². The Kier molecular flexibility index (Phi) is 6.70. The monoisotopic (exact) mass is 479 g/mol. The third kappa shape index (κ3) is 5.28. The minimum Gasteiger partial charge on any atom is -0.492 e. The van der Waals surface area contributed by atoms with Gasteiger partial charge in [-0.3, -0.25) is 9.59 Å². The third-order valence-electron chi connectivity index (χ3n) is 5.67. The van der Waals surface area contributed by atoms with E-state index in [2.05, 4.69) is 11.4 Å². The number of hydrogen-bond acceptors (Lipinski definition) is 6. The Labute approximate surface area is 201 Å². The van der Waals surface area contributed by atoms with Gasteiger partial charge in [0.15, 0.2) is 11.5 Å². The molecule has 0 saturated heterocycles. The topological polar surface area (TPSA) is 102 Å². The summed E-state index contributed by atoms with van der Waals surface area (Å²) in [6.45, 7) is 3.79. The van der Waals surface area contributed by atoms with Crippen molar-refractivity contribution in [3.8, 4) is 5.75 Å². The largest absolute Gasteiger partial charge is 0.507 e. The quantitative estimate of drug-likeness (QED) is 0.273. The average molecular weight is 480 g/mol. The van der Waals surface area contributed by atoms with E-state index >= 15 is 0 Å². The molecule has 8 heteroatoms. The maximum atomic E-state index is 13.1. The second kappa shape index (κ2) is 9.69. The van der Waals surface area contributed by atoms with Crippen LogP contribution in [-0.4, -0.2) is 35.3 Å². The molecule has 0 spiro atoms. The molecule has 0 unspecified atom stereocenters. The Balaban J connectivity index is 1.50. The van der Waals surface area contributed by atoms with Crippen molar-refractivity contribution in [2.45, 2.75) is 38.8 Å². The van der Waals surface area contributed by atoms with Gasteiger partial charge in [-0.2, -0.15) is 0 Å². The van der Waals surface area contributed by atoms with Crippen LogP contribution in [0.3, 0.4) is 0 Å². The summed E-state index contributed by atoms with van der Waals surface area (Å²) in [6, 6.07) is 17.1. The second-order valence-electron chi connectivity index (χ2n) is 8.39. The average Bonchev–Trinajstić information content (AvgIpc) is 3.34. The summed E-state index contributed by atoms with van der Waals surface area (Å²) in [7, 11) is 0. The van der Waals surface area contributed by atoms with Crippen molar-refractivity contribution in [3.05, 3.63) is 86.6 Å². The van der Waals surface area contributed by atoms with Crippen LogP contribution in [0.2, 0.25) is 0 Å². The summed E-state index contributed by atoms with van der Waals surface area (Å²) in [6.07, 6.45) is -0.355. The van der Waals surface area contributed by atoms with E-state index in [-0.39, 0.29) is 23.5 Å². The molecule has 0 bridgehead atoms. The van der Waals surface area contributed by atoms with E-state index in [1.54, 1.807) is 0 Å². The Morgan fingerprint density at radius 1 is 1.06 bits per heavy atom. The van der Waals surface area contributed by atoms with Gasteiger partial charge in [-0.25, -0.2) is 4.79 Å². The number of rotatable bonds is 8. The zero-order valence-electron chi connectivity index (χ0n) is 18.9. The van der Waals surface area contributed by atoms with E-state index in [4.69, 9.17) is 9.47 Å². The first-order valence-electron chi connectivity index (χ1n) is 10.9. The van der Waals surface area contributed by atoms with E-state index in [1.165, 1.54) is 13.0 Å². The predicted octanol–water partition coefficient (Wildman–Crippen LogP) is 4.80. The number of Topliss-reactive ketones (excluding diaryl/α,β-unsaturated/α-hetero) is 1. The van der Waals surface area contributed by atoms with Crippen LogP contribution in [0.25, 0.3) is 0 Å². The first-order valence-corrected chi connectivity index (χ1v) is 11.7. The number of ketones is 1. The minimum absolute atomic E-state index is 0.209. The maximum Gasteiger partial charge on any atom is 0.507 e. The molecule has 0 fully saturated rings. The maximum absolute atomic E-state index is 13.1. The van der Waals surface area contributed by atoms with E-state index in [0.29, 0.717) is 23.7 Å². The highest BCUT2D eigenvalue weighted by Gasteiger charge is 2.43. The number of aryl methyl sites for hydroxylation is 1. The molecule has 1 aliphatic carbocycles. The number of carbonyl (C=O) groups is 3. The highest BCUT2D eigenvalue weighted by Crippen LogP contribution is 2.34. The smallest absolute Gasteiger partial charge is 0.492 e. The molecular formula is C26H25NO6S. The number of nitrogens with one attached hydrogen (secondary N) is 1. The lowest BCUT2D eigenvalue weighted by molar-refractivity contribution is -0.0298. The van der Waals surface area contributed by atoms with Gasteiger partial charge in [-0.15, -0.1) is 11.3 Å². The summed E-state index contributed by atoms with van der Waals surface area (Å²) >= 11 is 1.02. The van der Waals surface area contributed by atoms with Crippen LogP contribution in [0.1, 0.15) is 48.5 Å². The van der Waals surface area contributed by atoms with Gasteiger partial charge in [0.2, 0.25) is 0 Å². The molecule has 0 aliphatic heterocycles. The van der Waals surface area contributed by atoms with Gasteiger partial charge in [0.05, 0.1) is 11.5 Å².